The molecule has 0 aliphatic carbocycles. The number of benzene rings is 1. The Morgan fingerprint density at radius 1 is 1.25 bits per heavy atom. The maximum atomic E-state index is 13.9. The van der Waals surface area contributed by atoms with Gasteiger partial charge < -0.3 is 16.0 Å². The first-order valence-electron chi connectivity index (χ1n) is 7.53. The molecule has 7 nitrogen and oxygen atoms in total. The van der Waals surface area contributed by atoms with E-state index in [-0.39, 0.29) is 11.7 Å². The molecule has 0 saturated carbocycles. The SMILES string of the molecule is Nc1cc(NC2CCN(c3c(F)cccc3F)C2)nc2ncnn12. The van der Waals surface area contributed by atoms with Crippen LogP contribution in [0.15, 0.2) is 30.6 Å². The molecule has 0 radical (unpaired) electrons. The quantitative estimate of drug-likeness (QED) is 0.760. The van der Waals surface area contributed by atoms with E-state index in [2.05, 4.69) is 20.4 Å². The lowest BCUT2D eigenvalue weighted by Crippen LogP contribution is -2.27. The van der Waals surface area contributed by atoms with Crippen LogP contribution < -0.4 is 16.0 Å². The van der Waals surface area contributed by atoms with Gasteiger partial charge in [0.2, 0.25) is 0 Å². The zero-order chi connectivity index (χ0) is 16.7. The van der Waals surface area contributed by atoms with Gasteiger partial charge in [-0.3, -0.25) is 0 Å². The number of anilines is 3. The minimum absolute atomic E-state index is 0.00118. The first-order chi connectivity index (χ1) is 11.6. The lowest BCUT2D eigenvalue weighted by molar-refractivity contribution is 0.577. The highest BCUT2D eigenvalue weighted by atomic mass is 19.1. The summed E-state index contributed by atoms with van der Waals surface area (Å²) < 4.78 is 29.2. The van der Waals surface area contributed by atoms with Crippen LogP contribution in [0.1, 0.15) is 6.42 Å². The highest BCUT2D eigenvalue weighted by Gasteiger charge is 2.27. The van der Waals surface area contributed by atoms with Crippen LogP contribution >= 0.6 is 0 Å². The molecule has 1 fully saturated rings. The number of nitrogen functional groups attached to an aromatic ring is 1. The van der Waals surface area contributed by atoms with Gasteiger partial charge in [-0.25, -0.2) is 8.78 Å². The molecule has 0 amide bonds. The summed E-state index contributed by atoms with van der Waals surface area (Å²) in [5.74, 6) is 0.266. The molecule has 9 heteroatoms. The zero-order valence-corrected chi connectivity index (χ0v) is 12.7. The minimum atomic E-state index is -0.553. The standard InChI is InChI=1S/C15H15F2N7/c16-10-2-1-3-11(17)14(10)23-5-4-9(7-23)21-13-6-12(18)24-15(22-13)19-8-20-24/h1-3,6,8-9H,4-5,7,18H2,(H,19,20,21,22). The molecule has 0 bridgehead atoms. The van der Waals surface area contributed by atoms with Gasteiger partial charge in [0, 0.05) is 25.2 Å². The molecule has 3 aromatic rings. The Labute approximate surface area is 136 Å². The van der Waals surface area contributed by atoms with Crippen LogP contribution in [0.4, 0.5) is 26.1 Å². The number of fused-ring (bicyclic) bond motifs is 1. The van der Waals surface area contributed by atoms with E-state index < -0.39 is 11.6 Å². The Kier molecular flexibility index (Phi) is 3.40. The van der Waals surface area contributed by atoms with Gasteiger partial charge in [-0.2, -0.15) is 19.6 Å². The summed E-state index contributed by atoms with van der Waals surface area (Å²) in [6.07, 6.45) is 2.11. The molecule has 1 saturated heterocycles. The number of rotatable bonds is 3. The average molecular weight is 331 g/mol. The Morgan fingerprint density at radius 2 is 2.04 bits per heavy atom. The molecular weight excluding hydrogens is 316 g/mol. The summed E-state index contributed by atoms with van der Waals surface area (Å²) in [6, 6.07) is 5.55. The van der Waals surface area contributed by atoms with Gasteiger partial charge in [-0.15, -0.1) is 0 Å². The van der Waals surface area contributed by atoms with Crippen LogP contribution in [0.3, 0.4) is 0 Å². The zero-order valence-electron chi connectivity index (χ0n) is 12.7. The number of nitrogens with two attached hydrogens (primary N) is 1. The van der Waals surface area contributed by atoms with E-state index in [0.29, 0.717) is 30.5 Å². The van der Waals surface area contributed by atoms with E-state index in [1.807, 2.05) is 0 Å². The minimum Gasteiger partial charge on any atom is -0.383 e. The van der Waals surface area contributed by atoms with Crippen molar-refractivity contribution in [2.24, 2.45) is 0 Å². The number of halogens is 2. The molecular formula is C15H15F2N7. The van der Waals surface area contributed by atoms with Gasteiger partial charge in [-0.1, -0.05) is 6.07 Å². The number of aromatic nitrogens is 4. The second-order valence-corrected chi connectivity index (χ2v) is 5.68. The van der Waals surface area contributed by atoms with Crippen molar-refractivity contribution in [3.8, 4) is 0 Å². The largest absolute Gasteiger partial charge is 0.383 e. The van der Waals surface area contributed by atoms with Crippen molar-refractivity contribution in [2.45, 2.75) is 12.5 Å². The smallest absolute Gasteiger partial charge is 0.256 e. The van der Waals surface area contributed by atoms with Gasteiger partial charge >= 0.3 is 0 Å². The molecule has 0 spiro atoms. The number of para-hydroxylation sites is 1. The van der Waals surface area contributed by atoms with Crippen molar-refractivity contribution in [3.05, 3.63) is 42.2 Å². The highest BCUT2D eigenvalue weighted by molar-refractivity contribution is 5.54. The van der Waals surface area contributed by atoms with E-state index >= 15 is 0 Å². The molecule has 3 N–H and O–H groups in total. The molecule has 1 aliphatic heterocycles. The molecule has 1 unspecified atom stereocenters. The Hall–Kier alpha value is -2.97. The maximum Gasteiger partial charge on any atom is 0.256 e. The van der Waals surface area contributed by atoms with Crippen molar-refractivity contribution in [1.29, 1.82) is 0 Å². The lowest BCUT2D eigenvalue weighted by Gasteiger charge is -2.20. The summed E-state index contributed by atoms with van der Waals surface area (Å²) in [5.41, 5.74) is 5.92. The summed E-state index contributed by atoms with van der Waals surface area (Å²) >= 11 is 0. The fourth-order valence-corrected chi connectivity index (χ4v) is 2.99. The molecule has 24 heavy (non-hydrogen) atoms. The van der Waals surface area contributed by atoms with E-state index in [0.717, 1.165) is 6.42 Å². The number of hydrogen-bond donors (Lipinski definition) is 2. The second kappa shape index (κ2) is 5.59. The molecule has 2 aromatic heterocycles. The summed E-state index contributed by atoms with van der Waals surface area (Å²) in [7, 11) is 0. The van der Waals surface area contributed by atoms with Crippen molar-refractivity contribution in [1.82, 2.24) is 19.6 Å². The predicted molar refractivity (Wildman–Crippen MR) is 85.8 cm³/mol. The van der Waals surface area contributed by atoms with E-state index in [4.69, 9.17) is 5.73 Å². The maximum absolute atomic E-state index is 13.9. The van der Waals surface area contributed by atoms with Gasteiger partial charge in [-0.05, 0) is 18.6 Å². The van der Waals surface area contributed by atoms with E-state index in [1.165, 1.54) is 29.0 Å². The first-order valence-corrected chi connectivity index (χ1v) is 7.53. The summed E-state index contributed by atoms with van der Waals surface area (Å²) in [6.45, 7) is 1.02. The third-order valence-electron chi connectivity index (χ3n) is 4.07. The third-order valence-corrected chi connectivity index (χ3v) is 4.07. The van der Waals surface area contributed by atoms with Crippen LogP contribution in [0, 0.1) is 11.6 Å². The monoisotopic (exact) mass is 331 g/mol. The van der Waals surface area contributed by atoms with Crippen LogP contribution in [0.5, 0.6) is 0 Å². The second-order valence-electron chi connectivity index (χ2n) is 5.68. The van der Waals surface area contributed by atoms with Crippen molar-refractivity contribution < 1.29 is 8.78 Å². The van der Waals surface area contributed by atoms with Crippen LogP contribution in [-0.2, 0) is 0 Å². The van der Waals surface area contributed by atoms with Crippen molar-refractivity contribution >= 4 is 23.1 Å². The van der Waals surface area contributed by atoms with Gasteiger partial charge in [0.05, 0.1) is 0 Å². The van der Waals surface area contributed by atoms with E-state index in [1.54, 1.807) is 11.0 Å². The lowest BCUT2D eigenvalue weighted by atomic mass is 10.2. The Balaban J connectivity index is 1.52. The Morgan fingerprint density at radius 3 is 2.83 bits per heavy atom. The topological polar surface area (TPSA) is 84.4 Å². The predicted octanol–water partition coefficient (Wildman–Crippen LogP) is 1.68. The first kappa shape index (κ1) is 14.6. The fourth-order valence-electron chi connectivity index (χ4n) is 2.99. The molecule has 4 rings (SSSR count). The third kappa shape index (κ3) is 2.47. The number of hydrogen-bond acceptors (Lipinski definition) is 6. The molecule has 124 valence electrons. The van der Waals surface area contributed by atoms with Crippen molar-refractivity contribution in [3.63, 3.8) is 0 Å². The Bertz CT molecular complexity index is 874. The van der Waals surface area contributed by atoms with Gasteiger partial charge in [0.25, 0.3) is 5.78 Å². The normalized spacial score (nSPS) is 17.6. The van der Waals surface area contributed by atoms with Gasteiger partial charge in [0.1, 0.15) is 35.3 Å². The highest BCUT2D eigenvalue weighted by Crippen LogP contribution is 2.27. The number of nitrogens with zero attached hydrogens (tertiary/aromatic N) is 5. The fraction of sp³-hybridized carbons (Fsp3) is 0.267. The molecule has 1 atom stereocenters. The van der Waals surface area contributed by atoms with Crippen LogP contribution in [0.2, 0.25) is 0 Å². The van der Waals surface area contributed by atoms with Gasteiger partial charge in [0.15, 0.2) is 0 Å². The average Bonchev–Trinajstić information content (AvgIpc) is 3.17. The summed E-state index contributed by atoms with van der Waals surface area (Å²) in [5, 5.41) is 7.20. The summed E-state index contributed by atoms with van der Waals surface area (Å²) in [4.78, 5) is 10.0. The molecule has 1 aliphatic rings. The number of nitrogens with one attached hydrogen (secondary N) is 1. The molecule has 3 heterocycles. The van der Waals surface area contributed by atoms with Crippen LogP contribution in [-0.4, -0.2) is 38.7 Å². The van der Waals surface area contributed by atoms with Crippen LogP contribution in [0.25, 0.3) is 5.78 Å². The van der Waals surface area contributed by atoms with E-state index in [9.17, 15) is 8.78 Å². The molecule has 1 aromatic carbocycles. The van der Waals surface area contributed by atoms with Crippen molar-refractivity contribution in [2.75, 3.05) is 29.0 Å².